The van der Waals surface area contributed by atoms with E-state index in [1.807, 2.05) is 6.92 Å². The molecule has 2 aliphatic rings. The molecule has 1 aliphatic carbocycles. The van der Waals surface area contributed by atoms with Crippen LogP contribution in [-0.4, -0.2) is 17.5 Å². The van der Waals surface area contributed by atoms with Crippen LogP contribution in [0.25, 0.3) is 5.57 Å². The molecule has 2 aromatic carbocycles. The molecule has 0 N–H and O–H groups in total. The quantitative estimate of drug-likeness (QED) is 0.313. The van der Waals surface area contributed by atoms with E-state index in [0.717, 1.165) is 43.5 Å². The van der Waals surface area contributed by atoms with Crippen molar-refractivity contribution in [2.24, 2.45) is 5.41 Å². The highest BCUT2D eigenvalue weighted by molar-refractivity contribution is 5.73. The number of nitrogens with zero attached hydrogens (tertiary/aromatic N) is 1. The van der Waals surface area contributed by atoms with Crippen molar-refractivity contribution in [3.05, 3.63) is 87.6 Å². The Labute approximate surface area is 246 Å². The number of rotatable bonds is 5. The van der Waals surface area contributed by atoms with Gasteiger partial charge in [0.25, 0.3) is 0 Å². The normalized spacial score (nSPS) is 21.8. The lowest BCUT2D eigenvalue weighted by Gasteiger charge is -2.38. The first-order valence-electron chi connectivity index (χ1n) is 14.8. The van der Waals surface area contributed by atoms with E-state index < -0.39 is 29.4 Å². The predicted octanol–water partition coefficient (Wildman–Crippen LogP) is 10.9. The molecule has 4 rings (SSSR count). The first kappa shape index (κ1) is 32.2. The average molecular weight is 592 g/mol. The molecule has 2 unspecified atom stereocenters. The zero-order chi connectivity index (χ0) is 31.4. The number of halogens is 6. The molecule has 2 aromatic rings. The molecule has 1 aliphatic heterocycles. The Hall–Kier alpha value is -2.70. The van der Waals surface area contributed by atoms with Crippen molar-refractivity contribution in [1.82, 2.24) is 4.90 Å². The van der Waals surface area contributed by atoms with E-state index in [2.05, 4.69) is 71.2 Å². The van der Waals surface area contributed by atoms with Crippen LogP contribution in [0.3, 0.4) is 0 Å². The van der Waals surface area contributed by atoms with E-state index in [4.69, 9.17) is 0 Å². The number of allylic oxidation sites excluding steroid dienone is 2. The Morgan fingerprint density at radius 2 is 1.50 bits per heavy atom. The summed E-state index contributed by atoms with van der Waals surface area (Å²) in [5.41, 5.74) is 4.73. The average Bonchev–Trinajstić information content (AvgIpc) is 3.14. The second-order valence-corrected chi connectivity index (χ2v) is 14.0. The summed E-state index contributed by atoms with van der Waals surface area (Å²) in [7, 11) is 0. The smallest absolute Gasteiger partial charge is 0.368 e. The molecule has 0 bridgehead atoms. The minimum atomic E-state index is -4.87. The minimum absolute atomic E-state index is 0.0130. The summed E-state index contributed by atoms with van der Waals surface area (Å²) in [6, 6.07) is 8.40. The van der Waals surface area contributed by atoms with Crippen LogP contribution in [0.2, 0.25) is 0 Å². The van der Waals surface area contributed by atoms with E-state index in [9.17, 15) is 26.3 Å². The van der Waals surface area contributed by atoms with E-state index in [1.54, 1.807) is 0 Å². The highest BCUT2D eigenvalue weighted by Gasteiger charge is 2.41. The highest BCUT2D eigenvalue weighted by atomic mass is 19.4. The van der Waals surface area contributed by atoms with Crippen molar-refractivity contribution in [1.29, 1.82) is 0 Å². The third-order valence-electron chi connectivity index (χ3n) is 9.19. The molecule has 0 saturated carbocycles. The zero-order valence-electron chi connectivity index (χ0n) is 25.8. The van der Waals surface area contributed by atoms with Crippen LogP contribution in [0.5, 0.6) is 0 Å². The van der Waals surface area contributed by atoms with Gasteiger partial charge in [-0.15, -0.1) is 0 Å². The lowest BCUT2D eigenvalue weighted by atomic mass is 9.71. The second kappa shape index (κ2) is 11.1. The van der Waals surface area contributed by atoms with Crippen molar-refractivity contribution >= 4 is 5.57 Å². The third kappa shape index (κ3) is 6.75. The molecule has 2 atom stereocenters. The molecular weight excluding hydrogens is 548 g/mol. The Morgan fingerprint density at radius 3 is 2.02 bits per heavy atom. The van der Waals surface area contributed by atoms with E-state index in [-0.39, 0.29) is 28.5 Å². The summed E-state index contributed by atoms with van der Waals surface area (Å²) in [4.78, 5) is 2.11. The topological polar surface area (TPSA) is 3.24 Å². The van der Waals surface area contributed by atoms with Crippen LogP contribution in [0, 0.1) is 5.41 Å². The maximum atomic E-state index is 13.6. The fourth-order valence-electron chi connectivity index (χ4n) is 6.62. The summed E-state index contributed by atoms with van der Waals surface area (Å²) in [5, 5.41) is 0. The number of hydrogen-bond donors (Lipinski definition) is 0. The van der Waals surface area contributed by atoms with Crippen LogP contribution in [0.4, 0.5) is 26.3 Å². The molecule has 0 spiro atoms. The number of benzene rings is 2. The van der Waals surface area contributed by atoms with Crippen LogP contribution < -0.4 is 0 Å². The summed E-state index contributed by atoms with van der Waals surface area (Å²) in [6.07, 6.45) is -5.71. The van der Waals surface area contributed by atoms with Crippen molar-refractivity contribution < 1.29 is 26.3 Å². The van der Waals surface area contributed by atoms with Gasteiger partial charge in [0, 0.05) is 24.2 Å². The molecule has 1 saturated heterocycles. The number of likely N-dealkylation sites (tertiary alicyclic amines) is 1. The Bertz CT molecular complexity index is 1340. The van der Waals surface area contributed by atoms with Crippen molar-refractivity contribution in [2.45, 2.75) is 110 Å². The Kier molecular flexibility index (Phi) is 8.51. The molecular formula is C35H43F6N. The molecule has 7 heteroatoms. The monoisotopic (exact) mass is 591 g/mol. The van der Waals surface area contributed by atoms with Crippen molar-refractivity contribution in [3.8, 4) is 0 Å². The second-order valence-electron chi connectivity index (χ2n) is 14.0. The molecule has 1 heterocycles. The van der Waals surface area contributed by atoms with Gasteiger partial charge in [-0.1, -0.05) is 66.3 Å². The maximum absolute atomic E-state index is 13.6. The predicted molar refractivity (Wildman–Crippen MR) is 158 cm³/mol. The molecule has 230 valence electrons. The summed E-state index contributed by atoms with van der Waals surface area (Å²) >= 11 is 0. The first-order chi connectivity index (χ1) is 19.2. The van der Waals surface area contributed by atoms with Gasteiger partial charge in [0.15, 0.2) is 0 Å². The van der Waals surface area contributed by atoms with Gasteiger partial charge in [0.2, 0.25) is 0 Å². The van der Waals surface area contributed by atoms with Crippen LogP contribution >= 0.6 is 0 Å². The van der Waals surface area contributed by atoms with E-state index in [0.29, 0.717) is 13.0 Å². The number of aryl methyl sites for hydroxylation is 1. The summed E-state index contributed by atoms with van der Waals surface area (Å²) < 4.78 is 81.7. The van der Waals surface area contributed by atoms with Crippen LogP contribution in [-0.2, 0) is 24.2 Å². The van der Waals surface area contributed by atoms with Crippen molar-refractivity contribution in [3.63, 3.8) is 0 Å². The number of hydrogen-bond acceptors (Lipinski definition) is 1. The van der Waals surface area contributed by atoms with E-state index in [1.165, 1.54) is 27.8 Å². The van der Waals surface area contributed by atoms with Crippen molar-refractivity contribution in [2.75, 3.05) is 6.54 Å². The van der Waals surface area contributed by atoms with E-state index >= 15 is 0 Å². The maximum Gasteiger partial charge on any atom is 0.416 e. The Balaban J connectivity index is 1.76. The van der Waals surface area contributed by atoms with Gasteiger partial charge in [0.1, 0.15) is 0 Å². The lowest BCUT2D eigenvalue weighted by Crippen LogP contribution is -2.33. The Morgan fingerprint density at radius 1 is 0.905 bits per heavy atom. The summed E-state index contributed by atoms with van der Waals surface area (Å²) in [5.74, 6) is -0.531. The molecule has 42 heavy (non-hydrogen) atoms. The zero-order valence-corrected chi connectivity index (χ0v) is 25.8. The lowest BCUT2D eigenvalue weighted by molar-refractivity contribution is -0.143. The highest BCUT2D eigenvalue weighted by Crippen LogP contribution is 2.48. The van der Waals surface area contributed by atoms with Gasteiger partial charge in [-0.05, 0) is 101 Å². The fraction of sp³-hybridized carbons (Fsp3) is 0.543. The minimum Gasteiger partial charge on any atom is -0.368 e. The molecule has 1 nitrogen and oxygen atoms in total. The van der Waals surface area contributed by atoms with Gasteiger partial charge < -0.3 is 4.90 Å². The molecule has 0 aromatic heterocycles. The van der Waals surface area contributed by atoms with Crippen LogP contribution in [0.15, 0.2) is 54.2 Å². The van der Waals surface area contributed by atoms with Gasteiger partial charge in [-0.25, -0.2) is 0 Å². The first-order valence-corrected chi connectivity index (χ1v) is 14.8. The van der Waals surface area contributed by atoms with Gasteiger partial charge in [-0.3, -0.25) is 0 Å². The van der Waals surface area contributed by atoms with Gasteiger partial charge >= 0.3 is 12.4 Å². The third-order valence-corrected chi connectivity index (χ3v) is 9.19. The SMILES string of the molecule is C=C1CC(c2cc(C(F)(F)F)cc(C(F)(F)F)c2)C(C)N1CC1=C(c2cc(C(C)(C)C)ccc2CC)CCC(C)(C)C1. The standard InChI is InChI=1S/C35H43F6N/c1-9-23-10-11-26(32(4,5)6)18-31(23)29-12-13-33(7,8)19-25(29)20-42-21(2)14-30(22(42)3)24-15-27(34(36,37)38)17-28(16-24)35(39,40)41/h10-11,15-18,22,30H,2,9,12-14,19-20H2,1,3-8H3. The summed E-state index contributed by atoms with van der Waals surface area (Å²) in [6.45, 7) is 20.0. The number of alkyl halides is 6. The molecule has 0 amide bonds. The largest absolute Gasteiger partial charge is 0.416 e. The van der Waals surface area contributed by atoms with Crippen LogP contribution in [0.1, 0.15) is 113 Å². The molecule has 0 radical (unpaired) electrons. The van der Waals surface area contributed by atoms with Gasteiger partial charge in [0.05, 0.1) is 11.1 Å². The van der Waals surface area contributed by atoms with Gasteiger partial charge in [-0.2, -0.15) is 26.3 Å². The molecule has 1 fully saturated rings. The fourth-order valence-corrected chi connectivity index (χ4v) is 6.62.